The highest BCUT2D eigenvalue weighted by Crippen LogP contribution is 2.37. The second-order valence-corrected chi connectivity index (χ2v) is 9.89. The highest BCUT2D eigenvalue weighted by Gasteiger charge is 2.16. The first-order chi connectivity index (χ1) is 16.8. The summed E-state index contributed by atoms with van der Waals surface area (Å²) >= 11 is 1.85. The van der Waals surface area contributed by atoms with E-state index in [1.165, 1.54) is 47.3 Å². The number of nitrogens with zero attached hydrogens (tertiary/aromatic N) is 3. The van der Waals surface area contributed by atoms with Crippen LogP contribution in [0.4, 0.5) is 0 Å². The van der Waals surface area contributed by atoms with Crippen molar-refractivity contribution < 1.29 is 0 Å². The van der Waals surface area contributed by atoms with Gasteiger partial charge in [-0.2, -0.15) is 0 Å². The lowest BCUT2D eigenvalue weighted by atomic mass is 9.96. The van der Waals surface area contributed by atoms with E-state index < -0.39 is 0 Å². The van der Waals surface area contributed by atoms with Crippen molar-refractivity contribution in [3.05, 3.63) is 109 Å². The van der Waals surface area contributed by atoms with Gasteiger partial charge in [0.25, 0.3) is 0 Å². The van der Waals surface area contributed by atoms with Gasteiger partial charge in [0.15, 0.2) is 0 Å². The van der Waals surface area contributed by atoms with Gasteiger partial charge in [-0.1, -0.05) is 78.0 Å². The third-order valence-corrected chi connectivity index (χ3v) is 7.99. The zero-order valence-corrected chi connectivity index (χ0v) is 19.5. The summed E-state index contributed by atoms with van der Waals surface area (Å²) in [5.41, 5.74) is 3.25. The predicted octanol–water partition coefficient (Wildman–Crippen LogP) is 8.23. The molecule has 2 aromatic heterocycles. The summed E-state index contributed by atoms with van der Waals surface area (Å²) in [6, 6.07) is 34.8. The number of hydrogen-bond acceptors (Lipinski definition) is 3. The summed E-state index contributed by atoms with van der Waals surface area (Å²) in [4.78, 5) is 0. The Morgan fingerprint density at radius 2 is 1.38 bits per heavy atom. The molecule has 0 aliphatic carbocycles. The Balaban J connectivity index is 1.33. The highest BCUT2D eigenvalue weighted by atomic mass is 32.1. The van der Waals surface area contributed by atoms with Crippen molar-refractivity contribution >= 4 is 53.1 Å². The quantitative estimate of drug-likeness (QED) is 0.251. The number of thiophene rings is 1. The summed E-state index contributed by atoms with van der Waals surface area (Å²) in [7, 11) is 0. The topological polar surface area (TPSA) is 30.7 Å². The molecule has 162 valence electrons. The van der Waals surface area contributed by atoms with Gasteiger partial charge in [-0.25, -0.2) is 4.68 Å². The zero-order valence-electron chi connectivity index (χ0n) is 18.6. The van der Waals surface area contributed by atoms with Crippen LogP contribution in [0.5, 0.6) is 0 Å². The van der Waals surface area contributed by atoms with Gasteiger partial charge in [0.2, 0.25) is 0 Å². The van der Waals surface area contributed by atoms with Crippen molar-refractivity contribution in [3.63, 3.8) is 0 Å². The zero-order chi connectivity index (χ0) is 22.6. The van der Waals surface area contributed by atoms with Crippen molar-refractivity contribution in [3.8, 4) is 11.3 Å². The fraction of sp³-hybridized carbons (Fsp3) is 0.0667. The molecule has 1 unspecified atom stereocenters. The Morgan fingerprint density at radius 3 is 2.26 bits per heavy atom. The Morgan fingerprint density at radius 1 is 0.676 bits per heavy atom. The van der Waals surface area contributed by atoms with Crippen molar-refractivity contribution in [2.45, 2.75) is 13.0 Å². The van der Waals surface area contributed by atoms with Crippen LogP contribution in [0.25, 0.3) is 53.0 Å². The molecule has 0 fully saturated rings. The standard InChI is InChI=1S/C30H21N3S/c1-19(20-14-15-30-27(16-20)25-12-6-7-13-29(25)34-30)33-18-28(31-32-33)26-17-21-8-2-3-9-22(21)23-10-4-5-11-24(23)26/h2-19H,1H3. The summed E-state index contributed by atoms with van der Waals surface area (Å²) in [6.45, 7) is 2.19. The SMILES string of the molecule is CC(c1ccc2sc3ccccc3c2c1)n1cc(-c2cc3ccccc3c3ccccc23)nn1. The van der Waals surface area contributed by atoms with Crippen LogP contribution in [0.3, 0.4) is 0 Å². The average Bonchev–Trinajstić information content (AvgIpc) is 3.53. The van der Waals surface area contributed by atoms with Crippen LogP contribution in [0.15, 0.2) is 103 Å². The van der Waals surface area contributed by atoms with Gasteiger partial charge in [0.1, 0.15) is 5.69 Å². The van der Waals surface area contributed by atoms with Crippen LogP contribution in [0.1, 0.15) is 18.5 Å². The average molecular weight is 456 g/mol. The molecule has 0 aliphatic rings. The highest BCUT2D eigenvalue weighted by molar-refractivity contribution is 7.25. The van der Waals surface area contributed by atoms with E-state index >= 15 is 0 Å². The molecule has 0 spiro atoms. The lowest BCUT2D eigenvalue weighted by Crippen LogP contribution is -2.07. The van der Waals surface area contributed by atoms with Gasteiger partial charge in [-0.15, -0.1) is 16.4 Å². The van der Waals surface area contributed by atoms with E-state index in [1.807, 2.05) is 16.0 Å². The monoisotopic (exact) mass is 455 g/mol. The minimum atomic E-state index is 0.0797. The molecule has 0 aliphatic heterocycles. The first kappa shape index (κ1) is 19.4. The van der Waals surface area contributed by atoms with Crippen molar-refractivity contribution in [1.29, 1.82) is 0 Å². The molecular weight excluding hydrogens is 434 g/mol. The molecule has 1 atom stereocenters. The van der Waals surface area contributed by atoms with Crippen LogP contribution < -0.4 is 0 Å². The molecule has 0 amide bonds. The van der Waals surface area contributed by atoms with Crippen molar-refractivity contribution in [1.82, 2.24) is 15.0 Å². The molecule has 2 heterocycles. The molecule has 0 saturated heterocycles. The van der Waals surface area contributed by atoms with Gasteiger partial charge < -0.3 is 0 Å². The van der Waals surface area contributed by atoms with E-state index in [9.17, 15) is 0 Å². The summed E-state index contributed by atoms with van der Waals surface area (Å²) < 4.78 is 4.63. The second kappa shape index (κ2) is 7.51. The number of benzene rings is 5. The Kier molecular flexibility index (Phi) is 4.29. The molecular formula is C30H21N3S. The van der Waals surface area contributed by atoms with Gasteiger partial charge in [-0.05, 0) is 58.3 Å². The van der Waals surface area contributed by atoms with Crippen molar-refractivity contribution in [2.24, 2.45) is 0 Å². The number of rotatable bonds is 3. The Labute approximate surface area is 200 Å². The molecule has 4 heteroatoms. The third-order valence-electron chi connectivity index (χ3n) is 6.83. The molecule has 0 bridgehead atoms. The lowest BCUT2D eigenvalue weighted by molar-refractivity contribution is 0.543. The van der Waals surface area contributed by atoms with Crippen molar-refractivity contribution in [2.75, 3.05) is 0 Å². The molecule has 0 saturated carbocycles. The van der Waals surface area contributed by atoms with Gasteiger partial charge in [0, 0.05) is 25.7 Å². The maximum absolute atomic E-state index is 4.61. The minimum absolute atomic E-state index is 0.0797. The lowest BCUT2D eigenvalue weighted by Gasteiger charge is -2.12. The normalized spacial score (nSPS) is 12.7. The third kappa shape index (κ3) is 2.96. The largest absolute Gasteiger partial charge is 0.245 e. The van der Waals surface area contributed by atoms with E-state index in [2.05, 4.69) is 120 Å². The fourth-order valence-electron chi connectivity index (χ4n) is 5.01. The molecule has 3 nitrogen and oxygen atoms in total. The summed E-state index contributed by atoms with van der Waals surface area (Å²) in [6.07, 6.45) is 2.08. The predicted molar refractivity (Wildman–Crippen MR) is 144 cm³/mol. The Bertz CT molecular complexity index is 1840. The fourth-order valence-corrected chi connectivity index (χ4v) is 6.10. The van der Waals surface area contributed by atoms with Crippen LogP contribution in [-0.4, -0.2) is 15.0 Å². The Hall–Kier alpha value is -4.02. The van der Waals surface area contributed by atoms with E-state index in [4.69, 9.17) is 0 Å². The van der Waals surface area contributed by atoms with Crippen LogP contribution in [-0.2, 0) is 0 Å². The first-order valence-electron chi connectivity index (χ1n) is 11.5. The van der Waals surface area contributed by atoms with E-state index in [1.54, 1.807) is 0 Å². The molecule has 7 aromatic rings. The molecule has 0 N–H and O–H groups in total. The maximum Gasteiger partial charge on any atom is 0.113 e. The van der Waals surface area contributed by atoms with Crippen LogP contribution in [0.2, 0.25) is 0 Å². The summed E-state index contributed by atoms with van der Waals surface area (Å²) in [5.74, 6) is 0. The van der Waals surface area contributed by atoms with E-state index in [0.717, 1.165) is 11.3 Å². The van der Waals surface area contributed by atoms with Crippen LogP contribution >= 0.6 is 11.3 Å². The van der Waals surface area contributed by atoms with Crippen LogP contribution in [0, 0.1) is 0 Å². The smallest absolute Gasteiger partial charge is 0.113 e. The van der Waals surface area contributed by atoms with Gasteiger partial charge in [-0.3, -0.25) is 0 Å². The van der Waals surface area contributed by atoms with E-state index in [-0.39, 0.29) is 6.04 Å². The number of fused-ring (bicyclic) bond motifs is 6. The minimum Gasteiger partial charge on any atom is -0.245 e. The molecule has 5 aromatic carbocycles. The maximum atomic E-state index is 4.61. The molecule has 7 rings (SSSR count). The second-order valence-electron chi connectivity index (χ2n) is 8.80. The number of hydrogen-bond donors (Lipinski definition) is 0. The first-order valence-corrected chi connectivity index (χ1v) is 12.3. The van der Waals surface area contributed by atoms with Gasteiger partial charge in [0.05, 0.1) is 12.2 Å². The van der Waals surface area contributed by atoms with E-state index in [0.29, 0.717) is 0 Å². The molecule has 0 radical (unpaired) electrons. The van der Waals surface area contributed by atoms with Gasteiger partial charge >= 0.3 is 0 Å². The summed E-state index contributed by atoms with van der Waals surface area (Å²) in [5, 5.41) is 16.7. The molecule has 34 heavy (non-hydrogen) atoms. The number of aromatic nitrogens is 3.